The molecule has 4 nitrogen and oxygen atoms in total. The Balaban J connectivity index is 1.16. The van der Waals surface area contributed by atoms with E-state index >= 15 is 0 Å². The number of rotatable bonds is 5. The summed E-state index contributed by atoms with van der Waals surface area (Å²) >= 11 is 0. The summed E-state index contributed by atoms with van der Waals surface area (Å²) in [5.74, 6) is 3.23. The third kappa shape index (κ3) is 4.20. The molecular formula is C32H47NO3. The van der Waals surface area contributed by atoms with Gasteiger partial charge in [0.05, 0.1) is 12.2 Å². The largest absolute Gasteiger partial charge is 0.388 e. The number of nitrogens with zero attached hydrogens (tertiary/aromatic N) is 1. The zero-order valence-electron chi connectivity index (χ0n) is 22.7. The summed E-state index contributed by atoms with van der Waals surface area (Å²) < 4.78 is 12.4. The van der Waals surface area contributed by atoms with Crippen molar-refractivity contribution < 1.29 is 14.6 Å². The number of aliphatic hydroxyl groups is 1. The van der Waals surface area contributed by atoms with Crippen molar-refractivity contribution in [3.8, 4) is 0 Å². The van der Waals surface area contributed by atoms with Gasteiger partial charge in [-0.05, 0) is 123 Å². The maximum absolute atomic E-state index is 11.3. The lowest BCUT2D eigenvalue weighted by Gasteiger charge is -2.58. The van der Waals surface area contributed by atoms with Crippen molar-refractivity contribution in [1.82, 2.24) is 4.98 Å². The Labute approximate surface area is 218 Å². The number of pyridine rings is 1. The van der Waals surface area contributed by atoms with Crippen molar-refractivity contribution >= 4 is 0 Å². The summed E-state index contributed by atoms with van der Waals surface area (Å²) in [6, 6.07) is 3.98. The van der Waals surface area contributed by atoms with E-state index in [1.54, 1.807) is 11.8 Å². The first-order valence-corrected chi connectivity index (χ1v) is 14.9. The molecule has 4 heteroatoms. The Morgan fingerprint density at radius 1 is 1.08 bits per heavy atom. The van der Waals surface area contributed by atoms with Gasteiger partial charge in [0.15, 0.2) is 6.29 Å². The zero-order chi connectivity index (χ0) is 24.9. The minimum absolute atomic E-state index is 0.0277. The van der Waals surface area contributed by atoms with E-state index in [2.05, 4.69) is 31.8 Å². The molecule has 0 bridgehead atoms. The molecule has 1 aromatic heterocycles. The van der Waals surface area contributed by atoms with Crippen LogP contribution < -0.4 is 0 Å². The predicted octanol–water partition coefficient (Wildman–Crippen LogP) is 7.24. The number of aliphatic hydroxyl groups excluding tert-OH is 1. The van der Waals surface area contributed by atoms with Gasteiger partial charge in [0, 0.05) is 19.0 Å². The van der Waals surface area contributed by atoms with E-state index in [9.17, 15) is 5.11 Å². The van der Waals surface area contributed by atoms with Crippen molar-refractivity contribution in [2.24, 2.45) is 40.4 Å². The number of allylic oxidation sites excluding steroid dienone is 1. The summed E-state index contributed by atoms with van der Waals surface area (Å²) in [6.45, 7) is 8.32. The molecule has 3 saturated carbocycles. The molecule has 5 aliphatic rings. The molecule has 0 radical (unpaired) electrons. The number of hydrogen-bond acceptors (Lipinski definition) is 4. The molecule has 6 rings (SSSR count). The van der Waals surface area contributed by atoms with Crippen LogP contribution in [0.2, 0.25) is 0 Å². The third-order valence-electron chi connectivity index (χ3n) is 11.8. The molecule has 1 saturated heterocycles. The summed E-state index contributed by atoms with van der Waals surface area (Å²) in [7, 11) is 0. The molecule has 1 N–H and O–H groups in total. The van der Waals surface area contributed by atoms with Crippen LogP contribution in [-0.2, 0) is 9.47 Å². The van der Waals surface area contributed by atoms with Gasteiger partial charge in [-0.1, -0.05) is 38.5 Å². The molecule has 0 amide bonds. The second kappa shape index (κ2) is 9.82. The number of aromatic nitrogens is 1. The van der Waals surface area contributed by atoms with E-state index in [4.69, 9.17) is 9.47 Å². The molecule has 4 fully saturated rings. The van der Waals surface area contributed by atoms with Gasteiger partial charge in [-0.25, -0.2) is 0 Å². The van der Waals surface area contributed by atoms with Crippen molar-refractivity contribution in [1.29, 1.82) is 0 Å². The highest BCUT2D eigenvalue weighted by molar-refractivity contribution is 5.26. The topological polar surface area (TPSA) is 51.6 Å². The van der Waals surface area contributed by atoms with Gasteiger partial charge in [-0.3, -0.25) is 4.98 Å². The van der Waals surface area contributed by atoms with E-state index in [-0.39, 0.29) is 12.2 Å². The SMILES string of the molecule is C[C@H]([C@H](O)c1cccnc1)[C@H]1CC[C@H]2[C@@H]3CC=C4C[C@@H](OC5CCCCO5)CC[C@]4(C)[C@H]3CC[C@]12C. The van der Waals surface area contributed by atoms with E-state index in [1.807, 2.05) is 18.3 Å². The van der Waals surface area contributed by atoms with Gasteiger partial charge in [0.2, 0.25) is 0 Å². The molecular weight excluding hydrogens is 446 g/mol. The zero-order valence-corrected chi connectivity index (χ0v) is 22.7. The third-order valence-corrected chi connectivity index (χ3v) is 11.8. The Kier molecular flexibility index (Phi) is 6.84. The first-order chi connectivity index (χ1) is 17.4. The average Bonchev–Trinajstić information content (AvgIpc) is 3.26. The van der Waals surface area contributed by atoms with Gasteiger partial charge < -0.3 is 14.6 Å². The van der Waals surface area contributed by atoms with Crippen molar-refractivity contribution in [3.63, 3.8) is 0 Å². The van der Waals surface area contributed by atoms with Crippen LogP contribution in [0.15, 0.2) is 36.2 Å². The van der Waals surface area contributed by atoms with Crippen LogP contribution in [0.25, 0.3) is 0 Å². The first kappa shape index (κ1) is 25.1. The standard InChI is InChI=1S/C32H47NO3/c1-21(30(34)22-7-6-17-33-20-22)26-11-12-27-25-10-9-23-19-24(36-29-8-4-5-18-35-29)13-15-31(23,2)28(25)14-16-32(26,27)3/h6-7,9,17,20-21,24-30,34H,4-5,8,10-16,18-19H2,1-3H3/t21-,24-,25-,26+,27-,28-,29?,30-,31-,32+/m0/s1. The summed E-state index contributed by atoms with van der Waals surface area (Å²) in [4.78, 5) is 4.27. The van der Waals surface area contributed by atoms with Crippen LogP contribution in [0, 0.1) is 40.4 Å². The van der Waals surface area contributed by atoms with Crippen LogP contribution >= 0.6 is 0 Å². The van der Waals surface area contributed by atoms with Gasteiger partial charge in [0.1, 0.15) is 0 Å². The lowest BCUT2D eigenvalue weighted by molar-refractivity contribution is -0.195. The summed E-state index contributed by atoms with van der Waals surface area (Å²) in [5, 5.41) is 11.3. The lowest BCUT2D eigenvalue weighted by atomic mass is 9.47. The van der Waals surface area contributed by atoms with Crippen LogP contribution in [0.3, 0.4) is 0 Å². The molecule has 4 aliphatic carbocycles. The van der Waals surface area contributed by atoms with Crippen molar-refractivity contribution in [2.45, 2.75) is 110 Å². The monoisotopic (exact) mass is 493 g/mol. The minimum Gasteiger partial charge on any atom is -0.388 e. The molecule has 36 heavy (non-hydrogen) atoms. The number of fused-ring (bicyclic) bond motifs is 5. The number of hydrogen-bond donors (Lipinski definition) is 1. The summed E-state index contributed by atoms with van der Waals surface area (Å²) in [5.41, 5.74) is 3.34. The fourth-order valence-corrected chi connectivity index (χ4v) is 9.76. The molecule has 0 spiro atoms. The molecule has 1 unspecified atom stereocenters. The second-order valence-electron chi connectivity index (χ2n) is 13.4. The van der Waals surface area contributed by atoms with Gasteiger partial charge >= 0.3 is 0 Å². The molecule has 2 heterocycles. The minimum atomic E-state index is -0.421. The van der Waals surface area contributed by atoms with E-state index in [0.717, 1.165) is 42.8 Å². The normalized spacial score (nSPS) is 44.1. The van der Waals surface area contributed by atoms with Crippen molar-refractivity contribution in [3.05, 3.63) is 41.7 Å². The predicted molar refractivity (Wildman–Crippen MR) is 142 cm³/mol. The second-order valence-corrected chi connectivity index (χ2v) is 13.4. The Hall–Kier alpha value is -1.23. The molecule has 1 aromatic rings. The van der Waals surface area contributed by atoms with Gasteiger partial charge in [0.25, 0.3) is 0 Å². The van der Waals surface area contributed by atoms with Gasteiger partial charge in [-0.2, -0.15) is 0 Å². The van der Waals surface area contributed by atoms with E-state index in [0.29, 0.717) is 22.9 Å². The fraction of sp³-hybridized carbons (Fsp3) is 0.781. The quantitative estimate of drug-likeness (QED) is 0.439. The van der Waals surface area contributed by atoms with Crippen LogP contribution in [-0.4, -0.2) is 29.1 Å². The van der Waals surface area contributed by atoms with Gasteiger partial charge in [-0.15, -0.1) is 0 Å². The molecule has 1 aliphatic heterocycles. The van der Waals surface area contributed by atoms with Crippen LogP contribution in [0.5, 0.6) is 0 Å². The van der Waals surface area contributed by atoms with E-state index < -0.39 is 6.10 Å². The molecule has 198 valence electrons. The molecule has 10 atom stereocenters. The smallest absolute Gasteiger partial charge is 0.157 e. The Morgan fingerprint density at radius 3 is 2.75 bits per heavy atom. The average molecular weight is 494 g/mol. The van der Waals surface area contributed by atoms with E-state index in [1.165, 1.54) is 57.8 Å². The Morgan fingerprint density at radius 2 is 1.97 bits per heavy atom. The first-order valence-electron chi connectivity index (χ1n) is 14.9. The number of ether oxygens (including phenoxy) is 2. The summed E-state index contributed by atoms with van der Waals surface area (Å²) in [6.07, 6.45) is 19.7. The molecule has 0 aromatic carbocycles. The Bertz CT molecular complexity index is 942. The maximum atomic E-state index is 11.3. The highest BCUT2D eigenvalue weighted by atomic mass is 16.7. The lowest BCUT2D eigenvalue weighted by Crippen LogP contribution is -2.51. The highest BCUT2D eigenvalue weighted by Crippen LogP contribution is 2.67. The van der Waals surface area contributed by atoms with Crippen LogP contribution in [0.1, 0.15) is 103 Å². The van der Waals surface area contributed by atoms with Crippen LogP contribution in [0.4, 0.5) is 0 Å². The van der Waals surface area contributed by atoms with Crippen molar-refractivity contribution in [2.75, 3.05) is 6.61 Å². The highest BCUT2D eigenvalue weighted by Gasteiger charge is 2.59. The fourth-order valence-electron chi connectivity index (χ4n) is 9.76. The maximum Gasteiger partial charge on any atom is 0.157 e.